The highest BCUT2D eigenvalue weighted by Crippen LogP contribution is 2.16. The molecule has 2 unspecified atom stereocenters. The third kappa shape index (κ3) is 47.7. The lowest BCUT2D eigenvalue weighted by Crippen LogP contribution is -2.45. The van der Waals surface area contributed by atoms with Gasteiger partial charge in [-0.3, -0.25) is 9.59 Å². The number of carbonyl (C=O) groups excluding carboxylic acids is 2. The predicted molar refractivity (Wildman–Crippen MR) is 264 cm³/mol. The Hall–Kier alpha value is -1.66. The van der Waals surface area contributed by atoms with Crippen LogP contribution < -0.4 is 5.32 Å². The van der Waals surface area contributed by atoms with Gasteiger partial charge in [-0.05, 0) is 57.8 Å². The van der Waals surface area contributed by atoms with Gasteiger partial charge in [0, 0.05) is 12.8 Å². The molecule has 3 N–H and O–H groups in total. The van der Waals surface area contributed by atoms with Crippen LogP contribution in [-0.4, -0.2) is 47.4 Å². The van der Waals surface area contributed by atoms with E-state index in [9.17, 15) is 19.8 Å². The number of rotatable bonds is 50. The summed E-state index contributed by atoms with van der Waals surface area (Å²) in [5.74, 6) is -0.0912. The maximum absolute atomic E-state index is 12.4. The fourth-order valence-electron chi connectivity index (χ4n) is 8.27. The summed E-state index contributed by atoms with van der Waals surface area (Å²) in [7, 11) is 0. The lowest BCUT2D eigenvalue weighted by molar-refractivity contribution is -0.143. The van der Waals surface area contributed by atoms with Crippen LogP contribution in [0.4, 0.5) is 0 Å². The number of aliphatic hydroxyl groups excluding tert-OH is 2. The fraction of sp³-hybridized carbons (Fsp3) is 0.891. The van der Waals surface area contributed by atoms with Crippen LogP contribution >= 0.6 is 0 Å². The van der Waals surface area contributed by atoms with Gasteiger partial charge in [0.2, 0.25) is 5.91 Å². The number of hydrogen-bond donors (Lipinski definition) is 3. The number of ether oxygens (including phenoxy) is 1. The molecule has 0 aromatic rings. The van der Waals surface area contributed by atoms with E-state index in [-0.39, 0.29) is 18.5 Å². The van der Waals surface area contributed by atoms with Gasteiger partial charge in [0.05, 0.1) is 25.4 Å². The molecule has 0 aliphatic rings. The molecule has 0 saturated heterocycles. The van der Waals surface area contributed by atoms with Crippen molar-refractivity contribution in [3.05, 3.63) is 24.3 Å². The maximum atomic E-state index is 12.4. The van der Waals surface area contributed by atoms with Crippen molar-refractivity contribution >= 4 is 11.9 Å². The van der Waals surface area contributed by atoms with E-state index in [1.807, 2.05) is 6.08 Å². The first-order valence-electron chi connectivity index (χ1n) is 27.1. The van der Waals surface area contributed by atoms with Gasteiger partial charge in [-0.2, -0.15) is 0 Å². The third-order valence-electron chi connectivity index (χ3n) is 12.5. The molecule has 0 saturated carbocycles. The van der Waals surface area contributed by atoms with Crippen LogP contribution in [0, 0.1) is 0 Å². The Morgan fingerprint density at radius 2 is 0.770 bits per heavy atom. The molecule has 0 rings (SSSR count). The quantitative estimate of drug-likeness (QED) is 0.0322. The zero-order valence-corrected chi connectivity index (χ0v) is 40.9. The molecule has 0 heterocycles. The maximum Gasteiger partial charge on any atom is 0.305 e. The number of carbonyl (C=O) groups is 2. The number of unbranched alkanes of at least 4 members (excludes halogenated alkanes) is 37. The van der Waals surface area contributed by atoms with Gasteiger partial charge < -0.3 is 20.3 Å². The molecule has 0 bridgehead atoms. The summed E-state index contributed by atoms with van der Waals surface area (Å²) in [6.45, 7) is 4.87. The van der Waals surface area contributed by atoms with Crippen molar-refractivity contribution in [1.82, 2.24) is 5.32 Å². The summed E-state index contributed by atoms with van der Waals surface area (Å²) < 4.78 is 5.47. The van der Waals surface area contributed by atoms with Crippen LogP contribution in [0.3, 0.4) is 0 Å². The zero-order chi connectivity index (χ0) is 44.4. The minimum Gasteiger partial charge on any atom is -0.466 e. The van der Waals surface area contributed by atoms with Crippen molar-refractivity contribution in [2.24, 2.45) is 0 Å². The first kappa shape index (κ1) is 59.3. The van der Waals surface area contributed by atoms with Crippen LogP contribution in [-0.2, 0) is 14.3 Å². The molecule has 0 spiro atoms. The van der Waals surface area contributed by atoms with Crippen molar-refractivity contribution < 1.29 is 24.5 Å². The molecule has 0 aromatic heterocycles. The lowest BCUT2D eigenvalue weighted by atomic mass is 10.0. The molecule has 6 nitrogen and oxygen atoms in total. The second-order valence-corrected chi connectivity index (χ2v) is 18.6. The molecule has 2 atom stereocenters. The largest absolute Gasteiger partial charge is 0.466 e. The molecule has 0 aromatic carbocycles. The number of amides is 1. The SMILES string of the molecule is CCCCCCCCCCCC/C=C/C(O)C(CO)NC(=O)CCCCCCCCC/C=C\CCCCCCOC(=O)CCCCCCCCCCCCCCCCCCC. The van der Waals surface area contributed by atoms with Crippen molar-refractivity contribution in [3.8, 4) is 0 Å². The molecule has 61 heavy (non-hydrogen) atoms. The highest BCUT2D eigenvalue weighted by Gasteiger charge is 2.18. The fourth-order valence-corrected chi connectivity index (χ4v) is 8.27. The minimum atomic E-state index is -0.852. The smallest absolute Gasteiger partial charge is 0.305 e. The van der Waals surface area contributed by atoms with Gasteiger partial charge in [-0.25, -0.2) is 0 Å². The number of esters is 1. The van der Waals surface area contributed by atoms with E-state index in [2.05, 4.69) is 31.3 Å². The monoisotopic (exact) mass is 860 g/mol. The molecule has 0 aliphatic carbocycles. The normalized spacial score (nSPS) is 12.8. The molecule has 360 valence electrons. The zero-order valence-electron chi connectivity index (χ0n) is 40.9. The average Bonchev–Trinajstić information content (AvgIpc) is 3.26. The first-order valence-corrected chi connectivity index (χ1v) is 27.1. The summed E-state index contributed by atoms with van der Waals surface area (Å²) in [6.07, 6.45) is 60.4. The second kappa shape index (κ2) is 51.0. The summed E-state index contributed by atoms with van der Waals surface area (Å²) >= 11 is 0. The summed E-state index contributed by atoms with van der Waals surface area (Å²) in [4.78, 5) is 24.5. The third-order valence-corrected chi connectivity index (χ3v) is 12.5. The summed E-state index contributed by atoms with van der Waals surface area (Å²) in [5, 5.41) is 23.0. The van der Waals surface area contributed by atoms with Gasteiger partial charge in [-0.15, -0.1) is 0 Å². The van der Waals surface area contributed by atoms with Crippen LogP contribution in [0.1, 0.15) is 290 Å². The molecular weight excluding hydrogens is 755 g/mol. The van der Waals surface area contributed by atoms with E-state index in [1.165, 1.54) is 193 Å². The Balaban J connectivity index is 3.47. The van der Waals surface area contributed by atoms with Crippen LogP contribution in [0.15, 0.2) is 24.3 Å². The van der Waals surface area contributed by atoms with E-state index in [0.29, 0.717) is 19.4 Å². The molecule has 0 radical (unpaired) electrons. The predicted octanol–water partition coefficient (Wildman–Crippen LogP) is 16.3. The highest BCUT2D eigenvalue weighted by atomic mass is 16.5. The van der Waals surface area contributed by atoms with E-state index in [4.69, 9.17) is 4.74 Å². The first-order chi connectivity index (χ1) is 30.0. The van der Waals surface area contributed by atoms with Gasteiger partial charge >= 0.3 is 5.97 Å². The lowest BCUT2D eigenvalue weighted by Gasteiger charge is -2.20. The van der Waals surface area contributed by atoms with Crippen molar-refractivity contribution in [1.29, 1.82) is 0 Å². The van der Waals surface area contributed by atoms with Crippen LogP contribution in [0.2, 0.25) is 0 Å². The molecule has 1 amide bonds. The molecular formula is C55H105NO5. The van der Waals surface area contributed by atoms with E-state index >= 15 is 0 Å². The van der Waals surface area contributed by atoms with Crippen LogP contribution in [0.5, 0.6) is 0 Å². The summed E-state index contributed by atoms with van der Waals surface area (Å²) in [6, 6.07) is -0.637. The average molecular weight is 860 g/mol. The van der Waals surface area contributed by atoms with E-state index < -0.39 is 12.1 Å². The highest BCUT2D eigenvalue weighted by molar-refractivity contribution is 5.76. The molecule has 0 aliphatic heterocycles. The Bertz CT molecular complexity index is 951. The Labute approximate surface area is 380 Å². The second-order valence-electron chi connectivity index (χ2n) is 18.6. The van der Waals surface area contributed by atoms with E-state index in [1.54, 1.807) is 6.08 Å². The Kier molecular flexibility index (Phi) is 49.6. The minimum absolute atomic E-state index is 0.00757. The van der Waals surface area contributed by atoms with Gasteiger partial charge in [0.1, 0.15) is 0 Å². The van der Waals surface area contributed by atoms with E-state index in [0.717, 1.165) is 70.6 Å². The number of aliphatic hydroxyl groups is 2. The van der Waals surface area contributed by atoms with Gasteiger partial charge in [0.25, 0.3) is 0 Å². The van der Waals surface area contributed by atoms with Gasteiger partial charge in [0.15, 0.2) is 0 Å². The van der Waals surface area contributed by atoms with Crippen molar-refractivity contribution in [2.45, 2.75) is 302 Å². The standard InChI is InChI=1S/C55H105NO5/c1-3-5-7-9-11-13-15-17-18-19-22-25-29-33-37-41-45-49-55(60)61-50-46-42-38-34-30-26-23-20-21-24-28-32-36-40-44-48-54(59)56-52(51-57)53(58)47-43-39-35-31-27-16-14-12-10-8-6-4-2/h23,26,43,47,52-53,57-58H,3-22,24-25,27-42,44-46,48-51H2,1-2H3,(H,56,59)/b26-23-,47-43+. The Morgan fingerprint density at radius 1 is 0.443 bits per heavy atom. The van der Waals surface area contributed by atoms with Crippen molar-refractivity contribution in [3.63, 3.8) is 0 Å². The number of hydrogen-bond acceptors (Lipinski definition) is 5. The Morgan fingerprint density at radius 3 is 1.16 bits per heavy atom. The topological polar surface area (TPSA) is 95.9 Å². The van der Waals surface area contributed by atoms with Gasteiger partial charge in [-0.1, -0.05) is 244 Å². The molecule has 0 fully saturated rings. The molecule has 6 heteroatoms. The summed E-state index contributed by atoms with van der Waals surface area (Å²) in [5.41, 5.74) is 0. The van der Waals surface area contributed by atoms with Crippen LogP contribution in [0.25, 0.3) is 0 Å². The number of allylic oxidation sites excluding steroid dienone is 3. The number of nitrogens with one attached hydrogen (secondary N) is 1. The van der Waals surface area contributed by atoms with Crippen molar-refractivity contribution in [2.75, 3.05) is 13.2 Å².